The lowest BCUT2D eigenvalue weighted by Gasteiger charge is -2.21. The number of thioether (sulfide) groups is 1. The van der Waals surface area contributed by atoms with Gasteiger partial charge in [0, 0.05) is 20.6 Å². The molecular weight excluding hydrogens is 315 g/mol. The van der Waals surface area contributed by atoms with Crippen molar-refractivity contribution < 1.29 is 23.2 Å². The van der Waals surface area contributed by atoms with Crippen molar-refractivity contribution in [2.24, 2.45) is 0 Å². The highest BCUT2D eigenvalue weighted by Crippen LogP contribution is 2.47. The van der Waals surface area contributed by atoms with E-state index in [9.17, 15) is 9.59 Å². The van der Waals surface area contributed by atoms with Crippen LogP contribution in [0.15, 0.2) is 0 Å². The minimum Gasteiger partial charge on any atom is -0.358 e. The number of amides is 1. The van der Waals surface area contributed by atoms with Crippen LogP contribution in [0.5, 0.6) is 0 Å². The predicted octanol–water partition coefficient (Wildman–Crippen LogP) is 1.57. The molecule has 0 rings (SSSR count). The van der Waals surface area contributed by atoms with Gasteiger partial charge in [-0.05, 0) is 12.7 Å². The van der Waals surface area contributed by atoms with Gasteiger partial charge in [-0.1, -0.05) is 11.8 Å². The van der Waals surface area contributed by atoms with E-state index in [1.165, 1.54) is 14.2 Å². The molecule has 1 amide bonds. The van der Waals surface area contributed by atoms with Crippen molar-refractivity contribution in [3.63, 3.8) is 0 Å². The SMILES string of the molecule is [C-]#[N+]CCOP(=C)(OC)OCCCC(=O)SCC(=O)NC. The summed E-state index contributed by atoms with van der Waals surface area (Å²) >= 11 is 0.981. The highest BCUT2D eigenvalue weighted by Gasteiger charge is 2.16. The van der Waals surface area contributed by atoms with E-state index in [1.54, 1.807) is 0 Å². The molecule has 0 radical (unpaired) electrons. The van der Waals surface area contributed by atoms with Gasteiger partial charge >= 0.3 is 0 Å². The van der Waals surface area contributed by atoms with Gasteiger partial charge < -0.3 is 23.7 Å². The lowest BCUT2D eigenvalue weighted by molar-refractivity contribution is -0.118. The zero-order valence-corrected chi connectivity index (χ0v) is 14.0. The zero-order chi connectivity index (χ0) is 16.1. The van der Waals surface area contributed by atoms with Gasteiger partial charge in [0.05, 0.1) is 12.4 Å². The van der Waals surface area contributed by atoms with Gasteiger partial charge in [0.25, 0.3) is 7.57 Å². The molecule has 9 heteroatoms. The maximum absolute atomic E-state index is 11.5. The maximum atomic E-state index is 11.5. The second kappa shape index (κ2) is 11.8. The molecule has 0 bridgehead atoms. The van der Waals surface area contributed by atoms with Gasteiger partial charge in [-0.2, -0.15) is 0 Å². The predicted molar refractivity (Wildman–Crippen MR) is 85.2 cm³/mol. The minimum atomic E-state index is -2.65. The third-order valence-electron chi connectivity index (χ3n) is 2.23. The summed E-state index contributed by atoms with van der Waals surface area (Å²) in [6, 6.07) is 0. The summed E-state index contributed by atoms with van der Waals surface area (Å²) in [6.07, 6.45) is 4.54. The minimum absolute atomic E-state index is 0.0680. The fraction of sp³-hybridized carbons (Fsp3) is 0.667. The molecule has 0 spiro atoms. The van der Waals surface area contributed by atoms with E-state index >= 15 is 0 Å². The Labute approximate surface area is 129 Å². The fourth-order valence-corrected chi connectivity index (χ4v) is 2.86. The van der Waals surface area contributed by atoms with Crippen LogP contribution < -0.4 is 5.32 Å². The van der Waals surface area contributed by atoms with Gasteiger partial charge in [0.1, 0.15) is 6.61 Å². The molecule has 1 unspecified atom stereocenters. The first-order chi connectivity index (χ1) is 9.97. The Morgan fingerprint density at radius 3 is 2.62 bits per heavy atom. The van der Waals surface area contributed by atoms with Crippen LogP contribution in [-0.4, -0.2) is 57.0 Å². The van der Waals surface area contributed by atoms with Crippen LogP contribution in [0.25, 0.3) is 4.85 Å². The number of carbonyl (C=O) groups is 2. The van der Waals surface area contributed by atoms with E-state index in [1.807, 2.05) is 0 Å². The Morgan fingerprint density at radius 1 is 1.38 bits per heavy atom. The molecule has 0 aliphatic heterocycles. The summed E-state index contributed by atoms with van der Waals surface area (Å²) in [5.41, 5.74) is 0. The molecule has 0 aliphatic carbocycles. The zero-order valence-electron chi connectivity index (χ0n) is 12.3. The summed E-state index contributed by atoms with van der Waals surface area (Å²) in [5.74, 6) is -0.0554. The summed E-state index contributed by atoms with van der Waals surface area (Å²) in [5, 5.41) is 2.38. The number of hydrogen-bond acceptors (Lipinski definition) is 6. The number of nitrogens with one attached hydrogen (secondary N) is 1. The second-order valence-electron chi connectivity index (χ2n) is 3.78. The lowest BCUT2D eigenvalue weighted by atomic mass is 10.3. The van der Waals surface area contributed by atoms with Crippen molar-refractivity contribution in [2.45, 2.75) is 12.8 Å². The van der Waals surface area contributed by atoms with Crippen LogP contribution in [0.1, 0.15) is 12.8 Å². The molecule has 0 aromatic rings. The van der Waals surface area contributed by atoms with Crippen molar-refractivity contribution in [2.75, 3.05) is 39.7 Å². The number of carbonyl (C=O) groups excluding carboxylic acids is 2. The van der Waals surface area contributed by atoms with Gasteiger partial charge in [0.2, 0.25) is 12.5 Å². The quantitative estimate of drug-likeness (QED) is 0.350. The van der Waals surface area contributed by atoms with Gasteiger partial charge in [-0.25, -0.2) is 6.57 Å². The first-order valence-corrected chi connectivity index (χ1v) is 8.96. The van der Waals surface area contributed by atoms with E-state index < -0.39 is 7.57 Å². The lowest BCUT2D eigenvalue weighted by Crippen LogP contribution is -2.20. The van der Waals surface area contributed by atoms with Crippen molar-refractivity contribution >= 4 is 36.7 Å². The largest absolute Gasteiger partial charge is 0.358 e. The monoisotopic (exact) mass is 336 g/mol. The smallest absolute Gasteiger partial charge is 0.250 e. The van der Waals surface area contributed by atoms with E-state index in [4.69, 9.17) is 20.1 Å². The Bertz CT molecular complexity index is 424. The molecule has 0 aromatic carbocycles. The molecule has 1 N–H and O–H groups in total. The third-order valence-corrected chi connectivity index (χ3v) is 4.87. The molecule has 0 aliphatic rings. The van der Waals surface area contributed by atoms with Gasteiger partial charge in [-0.15, -0.1) is 0 Å². The van der Waals surface area contributed by atoms with Crippen molar-refractivity contribution in [3.05, 3.63) is 11.4 Å². The normalized spacial score (nSPS) is 13.2. The maximum Gasteiger partial charge on any atom is 0.250 e. The topological polar surface area (TPSA) is 78.2 Å². The summed E-state index contributed by atoms with van der Waals surface area (Å²) in [4.78, 5) is 25.6. The fourth-order valence-electron chi connectivity index (χ4n) is 1.08. The molecule has 0 saturated carbocycles. The molecule has 120 valence electrons. The van der Waals surface area contributed by atoms with Crippen LogP contribution in [0.4, 0.5) is 0 Å². The first kappa shape index (κ1) is 20.2. The average molecular weight is 336 g/mol. The van der Waals surface area contributed by atoms with Crippen LogP contribution in [0.2, 0.25) is 0 Å². The first-order valence-electron chi connectivity index (χ1n) is 6.25. The van der Waals surface area contributed by atoms with Crippen LogP contribution in [0, 0.1) is 6.57 Å². The van der Waals surface area contributed by atoms with Crippen LogP contribution >= 0.6 is 19.3 Å². The molecular formula is C12H21N2O5PS. The number of rotatable bonds is 11. The van der Waals surface area contributed by atoms with Crippen molar-refractivity contribution in [3.8, 4) is 0 Å². The molecule has 0 saturated heterocycles. The third kappa shape index (κ3) is 10.5. The van der Waals surface area contributed by atoms with E-state index in [-0.39, 0.29) is 36.5 Å². The van der Waals surface area contributed by atoms with E-state index in [2.05, 4.69) is 16.5 Å². The van der Waals surface area contributed by atoms with E-state index in [0.717, 1.165) is 11.8 Å². The molecule has 0 aromatic heterocycles. The highest BCUT2D eigenvalue weighted by atomic mass is 32.2. The Kier molecular flexibility index (Phi) is 11.3. The summed E-state index contributed by atoms with van der Waals surface area (Å²) in [7, 11) is 0.307. The van der Waals surface area contributed by atoms with Gasteiger partial charge in [-0.3, -0.25) is 9.59 Å². The standard InChI is InChI=1S/C12H21N2O5PS/c1-13-7-9-19-20(4,17-3)18-8-5-6-12(16)21-10-11(15)14-2/h4-10H2,2-3H3,(H,14,15). The molecule has 0 fully saturated rings. The Morgan fingerprint density at radius 2 is 2.05 bits per heavy atom. The van der Waals surface area contributed by atoms with Crippen LogP contribution in [-0.2, 0) is 23.2 Å². The van der Waals surface area contributed by atoms with Crippen molar-refractivity contribution in [1.29, 1.82) is 0 Å². The number of hydrogen-bond donors (Lipinski definition) is 1. The number of nitrogens with zero attached hydrogens (tertiary/aromatic N) is 1. The molecule has 0 heterocycles. The highest BCUT2D eigenvalue weighted by molar-refractivity contribution is 8.14. The second-order valence-corrected chi connectivity index (χ2v) is 6.92. The Balaban J connectivity index is 3.85. The van der Waals surface area contributed by atoms with Gasteiger partial charge in [0.15, 0.2) is 5.12 Å². The summed E-state index contributed by atoms with van der Waals surface area (Å²) in [6.45, 7) is 7.35. The molecule has 7 nitrogen and oxygen atoms in total. The molecule has 21 heavy (non-hydrogen) atoms. The average Bonchev–Trinajstić information content (AvgIpc) is 2.49. The Hall–Kier alpha value is -0.840. The molecule has 1 atom stereocenters. The van der Waals surface area contributed by atoms with Crippen molar-refractivity contribution in [1.82, 2.24) is 5.32 Å². The van der Waals surface area contributed by atoms with Crippen LogP contribution in [0.3, 0.4) is 0 Å². The van der Waals surface area contributed by atoms with E-state index in [0.29, 0.717) is 12.8 Å². The summed E-state index contributed by atoms with van der Waals surface area (Å²) < 4.78 is 15.8.